The second kappa shape index (κ2) is 9.47. The maximum Gasteiger partial charge on any atom is 0.251 e. The van der Waals surface area contributed by atoms with E-state index in [9.17, 15) is 9.59 Å². The highest BCUT2D eigenvalue weighted by Gasteiger charge is 2.20. The van der Waals surface area contributed by atoms with E-state index in [4.69, 9.17) is 4.98 Å². The van der Waals surface area contributed by atoms with Crippen LogP contribution in [-0.4, -0.2) is 21.4 Å². The third-order valence-corrected chi connectivity index (χ3v) is 5.37. The Bertz CT molecular complexity index is 1230. The molecule has 6 nitrogen and oxygen atoms in total. The maximum atomic E-state index is 12.8. The van der Waals surface area contributed by atoms with Gasteiger partial charge in [0.25, 0.3) is 5.91 Å². The molecular weight excluding hydrogens is 400 g/mol. The first-order valence-electron chi connectivity index (χ1n) is 10.6. The van der Waals surface area contributed by atoms with Crippen LogP contribution in [0.5, 0.6) is 0 Å². The molecule has 1 heterocycles. The molecule has 0 aliphatic heterocycles. The largest absolute Gasteiger partial charge is 0.350 e. The van der Waals surface area contributed by atoms with E-state index in [2.05, 4.69) is 10.6 Å². The van der Waals surface area contributed by atoms with Crippen molar-refractivity contribution >= 4 is 22.8 Å². The number of rotatable bonds is 7. The molecule has 0 saturated heterocycles. The zero-order valence-corrected chi connectivity index (χ0v) is 18.2. The molecule has 0 spiro atoms. The lowest BCUT2D eigenvalue weighted by Gasteiger charge is -2.16. The van der Waals surface area contributed by atoms with E-state index in [0.717, 1.165) is 16.6 Å². The van der Waals surface area contributed by atoms with Crippen molar-refractivity contribution in [2.75, 3.05) is 0 Å². The van der Waals surface area contributed by atoms with Gasteiger partial charge in [0.05, 0.1) is 17.1 Å². The van der Waals surface area contributed by atoms with Crippen LogP contribution in [0, 0.1) is 6.92 Å². The zero-order chi connectivity index (χ0) is 22.5. The summed E-state index contributed by atoms with van der Waals surface area (Å²) in [5.41, 5.74) is 4.45. The fourth-order valence-corrected chi connectivity index (χ4v) is 3.63. The summed E-state index contributed by atoms with van der Waals surface area (Å²) >= 11 is 0. The van der Waals surface area contributed by atoms with Crippen molar-refractivity contribution in [3.63, 3.8) is 0 Å². The molecule has 0 saturated carbocycles. The molecule has 0 aliphatic rings. The minimum absolute atomic E-state index is 0.114. The predicted octanol–water partition coefficient (Wildman–Crippen LogP) is 4.15. The Labute approximate surface area is 187 Å². The summed E-state index contributed by atoms with van der Waals surface area (Å²) in [5.74, 6) is 0.345. The number of benzene rings is 3. The van der Waals surface area contributed by atoms with Gasteiger partial charge in [-0.25, -0.2) is 4.98 Å². The van der Waals surface area contributed by atoms with Crippen LogP contribution in [0.25, 0.3) is 11.0 Å². The molecule has 0 unspecified atom stereocenters. The summed E-state index contributed by atoms with van der Waals surface area (Å²) in [4.78, 5) is 30.1. The number of para-hydroxylation sites is 2. The fraction of sp³-hybridized carbons (Fsp3) is 0.192. The van der Waals surface area contributed by atoms with Gasteiger partial charge in [0.1, 0.15) is 12.4 Å². The number of nitrogens with one attached hydrogen (secondary N) is 2. The molecule has 0 aliphatic carbocycles. The number of hydrogen-bond acceptors (Lipinski definition) is 3. The summed E-state index contributed by atoms with van der Waals surface area (Å²) in [6, 6.07) is 24.4. The Kier molecular flexibility index (Phi) is 6.31. The third kappa shape index (κ3) is 4.86. The molecule has 2 amide bonds. The van der Waals surface area contributed by atoms with Crippen LogP contribution in [0.3, 0.4) is 0 Å². The molecule has 1 aromatic heterocycles. The molecule has 162 valence electrons. The molecule has 3 aromatic carbocycles. The number of fused-ring (bicyclic) bond motifs is 1. The summed E-state index contributed by atoms with van der Waals surface area (Å²) in [5, 5.41) is 5.98. The number of hydrogen-bond donors (Lipinski definition) is 2. The fourth-order valence-electron chi connectivity index (χ4n) is 3.63. The van der Waals surface area contributed by atoms with Gasteiger partial charge in [-0.1, -0.05) is 60.2 Å². The van der Waals surface area contributed by atoms with Crippen molar-refractivity contribution < 1.29 is 9.59 Å². The van der Waals surface area contributed by atoms with Gasteiger partial charge < -0.3 is 15.2 Å². The van der Waals surface area contributed by atoms with Crippen LogP contribution in [0.4, 0.5) is 0 Å². The third-order valence-electron chi connectivity index (χ3n) is 5.37. The lowest BCUT2D eigenvalue weighted by atomic mass is 10.1. The van der Waals surface area contributed by atoms with E-state index in [1.54, 1.807) is 12.1 Å². The minimum atomic E-state index is -0.375. The van der Waals surface area contributed by atoms with Crippen LogP contribution >= 0.6 is 0 Å². The molecule has 4 aromatic rings. The van der Waals surface area contributed by atoms with Crippen LogP contribution in [0.15, 0.2) is 78.9 Å². The van der Waals surface area contributed by atoms with Crippen LogP contribution in [0.2, 0.25) is 0 Å². The normalized spacial score (nSPS) is 11.8. The molecule has 6 heteroatoms. The van der Waals surface area contributed by atoms with E-state index >= 15 is 0 Å². The van der Waals surface area contributed by atoms with Gasteiger partial charge in [0.15, 0.2) is 0 Å². The van der Waals surface area contributed by atoms with E-state index in [1.165, 1.54) is 5.56 Å². The second-order valence-corrected chi connectivity index (χ2v) is 7.87. The number of aryl methyl sites for hydroxylation is 1. The molecule has 0 fully saturated rings. The van der Waals surface area contributed by atoms with Crippen molar-refractivity contribution in [3.8, 4) is 0 Å². The minimum Gasteiger partial charge on any atom is -0.350 e. The average Bonchev–Trinajstić information content (AvgIpc) is 3.18. The molecule has 4 rings (SSSR count). The SMILES string of the molecule is Cc1ccc(CNC(=O)Cn2c([C@@H](C)NC(=O)c3ccccc3)nc3ccccc32)cc1. The van der Waals surface area contributed by atoms with Gasteiger partial charge in [-0.15, -0.1) is 0 Å². The van der Waals surface area contributed by atoms with Gasteiger partial charge in [0, 0.05) is 12.1 Å². The Balaban J connectivity index is 1.52. The number of carbonyl (C=O) groups excluding carboxylic acids is 2. The van der Waals surface area contributed by atoms with Crippen molar-refractivity contribution in [3.05, 3.63) is 101 Å². The van der Waals surface area contributed by atoms with E-state index in [1.807, 2.05) is 85.1 Å². The molecule has 0 bridgehead atoms. The van der Waals surface area contributed by atoms with Crippen molar-refractivity contribution in [1.29, 1.82) is 0 Å². The van der Waals surface area contributed by atoms with Gasteiger partial charge in [-0.3, -0.25) is 9.59 Å². The van der Waals surface area contributed by atoms with Gasteiger partial charge in [-0.2, -0.15) is 0 Å². The maximum absolute atomic E-state index is 12.8. The molecule has 1 atom stereocenters. The second-order valence-electron chi connectivity index (χ2n) is 7.87. The number of nitrogens with zero attached hydrogens (tertiary/aromatic N) is 2. The standard InChI is InChI=1S/C26H26N4O2/c1-18-12-14-20(15-13-18)16-27-24(31)17-30-23-11-7-6-10-22(23)29-25(30)19(2)28-26(32)21-8-4-3-5-9-21/h3-15,19H,16-17H2,1-2H3,(H,27,31)(H,28,32)/t19-/m1/s1. The first kappa shape index (κ1) is 21.3. The van der Waals surface area contributed by atoms with Crippen LogP contribution in [0.1, 0.15) is 40.3 Å². The lowest BCUT2D eigenvalue weighted by Crippen LogP contribution is -2.31. The summed E-state index contributed by atoms with van der Waals surface area (Å²) < 4.78 is 1.87. The van der Waals surface area contributed by atoms with Gasteiger partial charge in [0.2, 0.25) is 5.91 Å². The Morgan fingerprint density at radius 3 is 2.38 bits per heavy atom. The van der Waals surface area contributed by atoms with Crippen LogP contribution in [-0.2, 0) is 17.9 Å². The highest BCUT2D eigenvalue weighted by Crippen LogP contribution is 2.21. The quantitative estimate of drug-likeness (QED) is 0.466. The Hall–Kier alpha value is -3.93. The van der Waals surface area contributed by atoms with Crippen molar-refractivity contribution in [1.82, 2.24) is 20.2 Å². The lowest BCUT2D eigenvalue weighted by molar-refractivity contribution is -0.121. The van der Waals surface area contributed by atoms with Gasteiger partial charge >= 0.3 is 0 Å². The van der Waals surface area contributed by atoms with E-state index in [-0.39, 0.29) is 24.4 Å². The molecule has 0 radical (unpaired) electrons. The van der Waals surface area contributed by atoms with Crippen molar-refractivity contribution in [2.45, 2.75) is 33.0 Å². The van der Waals surface area contributed by atoms with Crippen LogP contribution < -0.4 is 10.6 Å². The molecular formula is C26H26N4O2. The first-order valence-corrected chi connectivity index (χ1v) is 10.6. The number of imidazole rings is 1. The zero-order valence-electron chi connectivity index (χ0n) is 18.2. The molecule has 2 N–H and O–H groups in total. The number of carbonyl (C=O) groups is 2. The summed E-state index contributed by atoms with van der Waals surface area (Å²) in [6.45, 7) is 4.49. The smallest absolute Gasteiger partial charge is 0.251 e. The predicted molar refractivity (Wildman–Crippen MR) is 125 cm³/mol. The Morgan fingerprint density at radius 2 is 1.62 bits per heavy atom. The Morgan fingerprint density at radius 1 is 0.938 bits per heavy atom. The monoisotopic (exact) mass is 426 g/mol. The first-order chi connectivity index (χ1) is 15.5. The summed E-state index contributed by atoms with van der Waals surface area (Å²) in [7, 11) is 0. The molecule has 32 heavy (non-hydrogen) atoms. The highest BCUT2D eigenvalue weighted by atomic mass is 16.2. The summed E-state index contributed by atoms with van der Waals surface area (Å²) in [6.07, 6.45) is 0. The number of amides is 2. The number of aromatic nitrogens is 2. The van der Waals surface area contributed by atoms with Gasteiger partial charge in [-0.05, 0) is 43.7 Å². The van der Waals surface area contributed by atoms with E-state index in [0.29, 0.717) is 17.9 Å². The van der Waals surface area contributed by atoms with E-state index < -0.39 is 0 Å². The topological polar surface area (TPSA) is 76.0 Å². The highest BCUT2D eigenvalue weighted by molar-refractivity contribution is 5.94. The van der Waals surface area contributed by atoms with Crippen molar-refractivity contribution in [2.24, 2.45) is 0 Å². The average molecular weight is 427 g/mol.